The van der Waals surface area contributed by atoms with Gasteiger partial charge in [0.05, 0.1) is 53.1 Å². The quantitative estimate of drug-likeness (QED) is 0.141. The molecule has 8 nitrogen and oxygen atoms in total. The Hall–Kier alpha value is -10.3. The fourth-order valence-corrected chi connectivity index (χ4v) is 10.0. The molecule has 11 rings (SSSR count). The third kappa shape index (κ3) is 8.43. The summed E-state index contributed by atoms with van der Waals surface area (Å²) in [6.07, 6.45) is 0. The zero-order valence-corrected chi connectivity index (χ0v) is 40.4. The number of benzene rings is 9. The summed E-state index contributed by atoms with van der Waals surface area (Å²) < 4.78 is 2.25. The Morgan fingerprint density at radius 1 is 0.397 bits per heavy atom. The first-order valence-electron chi connectivity index (χ1n) is 23.7. The summed E-state index contributed by atoms with van der Waals surface area (Å²) in [4.78, 5) is 23.0. The van der Waals surface area contributed by atoms with E-state index in [0.717, 1.165) is 55.2 Å². The Balaban J connectivity index is 1.31. The highest BCUT2D eigenvalue weighted by atomic mass is 15.0. The van der Waals surface area contributed by atoms with E-state index in [1.807, 2.05) is 84.9 Å². The van der Waals surface area contributed by atoms with Gasteiger partial charge in [0, 0.05) is 38.6 Å². The second kappa shape index (κ2) is 18.6. The van der Waals surface area contributed by atoms with Crippen LogP contribution in [0.1, 0.15) is 33.4 Å². The molecule has 9 aromatic carbocycles. The van der Waals surface area contributed by atoms with Crippen LogP contribution in [0.3, 0.4) is 0 Å². The predicted molar refractivity (Wildman–Crippen MR) is 293 cm³/mol. The number of aryl methyl sites for hydroxylation is 4. The van der Waals surface area contributed by atoms with Crippen molar-refractivity contribution in [2.75, 3.05) is 0 Å². The molecule has 11 aromatic rings. The fourth-order valence-electron chi connectivity index (χ4n) is 10.0. The summed E-state index contributed by atoms with van der Waals surface area (Å²) in [5.41, 5.74) is 17.6. The van der Waals surface area contributed by atoms with Gasteiger partial charge in [-0.2, -0.15) is 10.5 Å². The second-order valence-electron chi connectivity index (χ2n) is 18.4. The average molecular weight is 935 g/mol. The summed E-state index contributed by atoms with van der Waals surface area (Å²) >= 11 is 0. The van der Waals surface area contributed by atoms with Crippen LogP contribution in [0.2, 0.25) is 0 Å². The van der Waals surface area contributed by atoms with Crippen LogP contribution in [0.15, 0.2) is 182 Å². The Morgan fingerprint density at radius 2 is 0.836 bits per heavy atom. The van der Waals surface area contributed by atoms with Gasteiger partial charge in [0.15, 0.2) is 28.8 Å². The maximum Gasteiger partial charge on any atom is 0.177 e. The smallest absolute Gasteiger partial charge is 0.177 e. The van der Waals surface area contributed by atoms with Gasteiger partial charge < -0.3 is 4.57 Å². The van der Waals surface area contributed by atoms with Gasteiger partial charge in [0.2, 0.25) is 0 Å². The van der Waals surface area contributed by atoms with Crippen LogP contribution < -0.4 is 0 Å². The van der Waals surface area contributed by atoms with Crippen molar-refractivity contribution >= 4 is 33.2 Å². The van der Waals surface area contributed by atoms with Gasteiger partial charge in [0.1, 0.15) is 0 Å². The number of aromatic nitrogens is 4. The van der Waals surface area contributed by atoms with E-state index in [1.165, 1.54) is 22.3 Å². The average Bonchev–Trinajstić information content (AvgIpc) is 3.75. The zero-order valence-electron chi connectivity index (χ0n) is 40.4. The molecule has 0 saturated carbocycles. The summed E-state index contributed by atoms with van der Waals surface area (Å²) in [6.45, 7) is 24.9. The maximum absolute atomic E-state index is 10.5. The lowest BCUT2D eigenvalue weighted by molar-refractivity contribution is 1.07. The number of fused-ring (bicyclic) bond motifs is 3. The second-order valence-corrected chi connectivity index (χ2v) is 18.4. The summed E-state index contributed by atoms with van der Waals surface area (Å²) in [5.74, 6) is 1.33. The van der Waals surface area contributed by atoms with E-state index < -0.39 is 0 Å². The number of nitrogens with zero attached hydrogens (tertiary/aromatic N) is 8. The van der Waals surface area contributed by atoms with Crippen LogP contribution in [0.5, 0.6) is 0 Å². The molecule has 0 amide bonds. The summed E-state index contributed by atoms with van der Waals surface area (Å²) in [7, 11) is 0. The molecule has 0 spiro atoms. The van der Waals surface area contributed by atoms with Gasteiger partial charge in [0.25, 0.3) is 0 Å². The highest BCUT2D eigenvalue weighted by molar-refractivity contribution is 6.13. The van der Waals surface area contributed by atoms with Gasteiger partial charge in [-0.1, -0.05) is 139 Å². The predicted octanol–water partition coefficient (Wildman–Crippen LogP) is 16.7. The molecule has 0 aliphatic carbocycles. The topological polar surface area (TPSA) is 99.9 Å². The molecular weight excluding hydrogens is 893 g/mol. The molecule has 0 N–H and O–H groups in total. The summed E-state index contributed by atoms with van der Waals surface area (Å²) in [5, 5.41) is 23.0. The van der Waals surface area contributed by atoms with Crippen molar-refractivity contribution in [1.29, 1.82) is 10.5 Å². The lowest BCUT2D eigenvalue weighted by Gasteiger charge is -2.22. The van der Waals surface area contributed by atoms with E-state index >= 15 is 0 Å². The Bertz CT molecular complexity index is 3910. The van der Waals surface area contributed by atoms with Crippen LogP contribution in [0, 0.1) is 63.5 Å². The molecule has 0 unspecified atom stereocenters. The fraction of sp³-hybridized carbons (Fsp3) is 0.0615. The molecule has 0 atom stereocenters. The SMILES string of the molecule is [C-]#[N+]c1cc([N+]#[C-])cc(-c2cc(-c3nc(-c4ccccc4)nc(-c4ccccc4)n3)cc(-c3cc(C#N)cc(C#N)c3)c2-n2c3ccc(-c4ccc(C)cc4C)cc3c3cc(-c4ccc(C)cc4C)ccc32)c1. The van der Waals surface area contributed by atoms with Gasteiger partial charge >= 0.3 is 0 Å². The molecule has 8 heteroatoms. The van der Waals surface area contributed by atoms with Crippen molar-refractivity contribution in [1.82, 2.24) is 19.5 Å². The van der Waals surface area contributed by atoms with Crippen LogP contribution in [-0.2, 0) is 0 Å². The number of hydrogen-bond acceptors (Lipinski definition) is 5. The van der Waals surface area contributed by atoms with Gasteiger partial charge in [-0.3, -0.25) is 0 Å². The first-order valence-corrected chi connectivity index (χ1v) is 23.7. The number of nitriles is 2. The number of hydrogen-bond donors (Lipinski definition) is 0. The van der Waals surface area contributed by atoms with Crippen LogP contribution in [-0.4, -0.2) is 19.5 Å². The molecule has 0 aliphatic rings. The molecule has 0 aliphatic heterocycles. The van der Waals surface area contributed by atoms with E-state index in [1.54, 1.807) is 24.3 Å². The minimum absolute atomic E-state index is 0.302. The molecule has 0 bridgehead atoms. The van der Waals surface area contributed by atoms with Crippen molar-refractivity contribution < 1.29 is 0 Å². The third-order valence-corrected chi connectivity index (χ3v) is 13.4. The summed E-state index contributed by atoms with van der Waals surface area (Å²) in [6, 6.07) is 64.9. The number of rotatable bonds is 8. The van der Waals surface area contributed by atoms with E-state index in [2.05, 4.69) is 127 Å². The van der Waals surface area contributed by atoms with E-state index in [0.29, 0.717) is 73.5 Å². The van der Waals surface area contributed by atoms with E-state index in [9.17, 15) is 10.5 Å². The molecule has 2 aromatic heterocycles. The zero-order chi connectivity index (χ0) is 50.3. The van der Waals surface area contributed by atoms with E-state index in [4.69, 9.17) is 28.1 Å². The third-order valence-electron chi connectivity index (χ3n) is 13.4. The van der Waals surface area contributed by atoms with Crippen molar-refractivity contribution in [2.24, 2.45) is 0 Å². The van der Waals surface area contributed by atoms with Crippen LogP contribution in [0.4, 0.5) is 11.4 Å². The normalized spacial score (nSPS) is 11.0. The largest absolute Gasteiger partial charge is 0.308 e. The van der Waals surface area contributed by atoms with Gasteiger partial charge in [-0.05, 0) is 127 Å². The molecule has 342 valence electrons. The Kier molecular flexibility index (Phi) is 11.5. The molecule has 0 saturated heterocycles. The van der Waals surface area contributed by atoms with Crippen molar-refractivity contribution in [3.05, 3.63) is 238 Å². The van der Waals surface area contributed by atoms with Crippen molar-refractivity contribution in [3.8, 4) is 96.5 Å². The molecule has 2 heterocycles. The molecule has 0 fully saturated rings. The first kappa shape index (κ1) is 45.2. The minimum atomic E-state index is 0.302. The maximum atomic E-state index is 10.5. The van der Waals surface area contributed by atoms with Crippen molar-refractivity contribution in [3.63, 3.8) is 0 Å². The lowest BCUT2D eigenvalue weighted by atomic mass is 9.90. The lowest BCUT2D eigenvalue weighted by Crippen LogP contribution is -2.04. The molecule has 73 heavy (non-hydrogen) atoms. The highest BCUT2D eigenvalue weighted by Gasteiger charge is 2.25. The van der Waals surface area contributed by atoms with Crippen molar-refractivity contribution in [2.45, 2.75) is 27.7 Å². The van der Waals surface area contributed by atoms with Gasteiger partial charge in [-0.25, -0.2) is 24.6 Å². The van der Waals surface area contributed by atoms with Gasteiger partial charge in [-0.15, -0.1) is 0 Å². The first-order chi connectivity index (χ1) is 35.6. The van der Waals surface area contributed by atoms with E-state index in [-0.39, 0.29) is 0 Å². The highest BCUT2D eigenvalue weighted by Crippen LogP contribution is 2.47. The molecule has 0 radical (unpaired) electrons. The molecular formula is C65H42N8. The minimum Gasteiger partial charge on any atom is -0.308 e. The van der Waals surface area contributed by atoms with Crippen LogP contribution in [0.25, 0.3) is 116 Å². The Labute approximate surface area is 423 Å². The standard InChI is InChI=1S/C65H42N8/c1-39-17-21-54(41(3)25-39)47-19-23-60-58(32-47)59-33-48(55-22-18-40(2)26-42(55)4)20-24-61(59)73(60)62-56(49-28-43(37-66)27-44(29-49)38-67)34-51(35-57(62)50-30-52(68-5)36-53(31-50)69-6)65-71-63(45-13-9-7-10-14-45)70-64(72-65)46-15-11-8-12-16-46/h7-36H,1-4H3. The Morgan fingerprint density at radius 3 is 1.26 bits per heavy atom. The monoisotopic (exact) mass is 934 g/mol. The van der Waals surface area contributed by atoms with Crippen LogP contribution >= 0.6 is 0 Å².